The van der Waals surface area contributed by atoms with Gasteiger partial charge in [-0.2, -0.15) is 0 Å². The van der Waals surface area contributed by atoms with Crippen LogP contribution >= 0.6 is 0 Å². The summed E-state index contributed by atoms with van der Waals surface area (Å²) >= 11 is 0. The Morgan fingerprint density at radius 1 is 1.19 bits per heavy atom. The molecule has 6 heteroatoms. The summed E-state index contributed by atoms with van der Waals surface area (Å²) in [6, 6.07) is 4.47. The number of hydrogen-bond donors (Lipinski definition) is 1. The lowest BCUT2D eigenvalue weighted by molar-refractivity contribution is 0.0497. The second-order valence-corrected chi connectivity index (χ2v) is 6.45. The molecule has 0 radical (unpaired) electrons. The molecule has 21 heavy (non-hydrogen) atoms. The van der Waals surface area contributed by atoms with Crippen molar-refractivity contribution in [2.24, 2.45) is 5.14 Å². The van der Waals surface area contributed by atoms with Gasteiger partial charge in [0.1, 0.15) is 0 Å². The van der Waals surface area contributed by atoms with Crippen LogP contribution in [0.3, 0.4) is 0 Å². The summed E-state index contributed by atoms with van der Waals surface area (Å²) in [5, 5.41) is 5.18. The van der Waals surface area contributed by atoms with Crippen LogP contribution in [0.25, 0.3) is 0 Å². The van der Waals surface area contributed by atoms with Gasteiger partial charge in [0.15, 0.2) is 0 Å². The van der Waals surface area contributed by atoms with Crippen molar-refractivity contribution < 1.29 is 17.9 Å². The highest BCUT2D eigenvalue weighted by molar-refractivity contribution is 7.89. The van der Waals surface area contributed by atoms with Gasteiger partial charge in [-0.05, 0) is 30.5 Å². The Balaban J connectivity index is 2.77. The SMILES string of the molecule is CCCCCCOC(=O)c1ccc(CC)c(S(N)(=O)=O)c1. The number of hydrogen-bond acceptors (Lipinski definition) is 4. The first-order chi connectivity index (χ1) is 9.90. The number of nitrogens with two attached hydrogens (primary N) is 1. The van der Waals surface area contributed by atoms with E-state index in [0.29, 0.717) is 18.6 Å². The van der Waals surface area contributed by atoms with Crippen LogP contribution in [0.5, 0.6) is 0 Å². The highest BCUT2D eigenvalue weighted by Crippen LogP contribution is 2.18. The quantitative estimate of drug-likeness (QED) is 0.590. The molecule has 0 aliphatic carbocycles. The molecule has 0 saturated carbocycles. The number of unbranched alkanes of at least 4 members (excludes halogenated alkanes) is 3. The Hall–Kier alpha value is -1.40. The Kier molecular flexibility index (Phi) is 6.84. The Morgan fingerprint density at radius 2 is 1.90 bits per heavy atom. The average molecular weight is 313 g/mol. The van der Waals surface area contributed by atoms with E-state index >= 15 is 0 Å². The maximum absolute atomic E-state index is 11.9. The molecule has 0 aliphatic heterocycles. The number of benzene rings is 1. The molecule has 0 unspecified atom stereocenters. The number of ether oxygens (including phenoxy) is 1. The van der Waals surface area contributed by atoms with Gasteiger partial charge in [-0.25, -0.2) is 18.4 Å². The highest BCUT2D eigenvalue weighted by Gasteiger charge is 2.17. The molecule has 5 nitrogen and oxygen atoms in total. The molecular weight excluding hydrogens is 290 g/mol. The van der Waals surface area contributed by atoms with Crippen molar-refractivity contribution in [2.75, 3.05) is 6.61 Å². The molecule has 1 aromatic carbocycles. The summed E-state index contributed by atoms with van der Waals surface area (Å²) in [5.74, 6) is -0.515. The van der Waals surface area contributed by atoms with E-state index in [1.807, 2.05) is 6.92 Å². The second-order valence-electron chi connectivity index (χ2n) is 4.92. The first-order valence-electron chi connectivity index (χ1n) is 7.23. The summed E-state index contributed by atoms with van der Waals surface area (Å²) in [5.41, 5.74) is 0.809. The fraction of sp³-hybridized carbons (Fsp3) is 0.533. The van der Waals surface area contributed by atoms with Crippen LogP contribution in [0.4, 0.5) is 0 Å². The lowest BCUT2D eigenvalue weighted by Crippen LogP contribution is -2.16. The number of aryl methyl sites for hydroxylation is 1. The summed E-state index contributed by atoms with van der Waals surface area (Å²) in [7, 11) is -3.84. The van der Waals surface area contributed by atoms with Gasteiger partial charge in [0.2, 0.25) is 10.0 Å². The van der Waals surface area contributed by atoms with E-state index in [9.17, 15) is 13.2 Å². The molecule has 118 valence electrons. The summed E-state index contributed by atoms with van der Waals surface area (Å²) in [6.45, 7) is 4.28. The molecule has 0 amide bonds. The maximum atomic E-state index is 11.9. The van der Waals surface area contributed by atoms with E-state index in [2.05, 4.69) is 6.92 Å². The number of esters is 1. The predicted octanol–water partition coefficient (Wildman–Crippen LogP) is 2.63. The first kappa shape index (κ1) is 17.7. The third kappa shape index (κ3) is 5.47. The van der Waals surface area contributed by atoms with Crippen LogP contribution < -0.4 is 5.14 Å². The molecule has 0 aromatic heterocycles. The van der Waals surface area contributed by atoms with Crippen molar-refractivity contribution in [1.29, 1.82) is 0 Å². The van der Waals surface area contributed by atoms with Crippen molar-refractivity contribution in [3.63, 3.8) is 0 Å². The van der Waals surface area contributed by atoms with Crippen LogP contribution in [-0.2, 0) is 21.2 Å². The molecular formula is C15H23NO4S. The van der Waals surface area contributed by atoms with Gasteiger partial charge in [0.05, 0.1) is 17.1 Å². The van der Waals surface area contributed by atoms with Gasteiger partial charge < -0.3 is 4.74 Å². The average Bonchev–Trinajstić information content (AvgIpc) is 2.45. The zero-order valence-corrected chi connectivity index (χ0v) is 13.4. The normalized spacial score (nSPS) is 11.4. The van der Waals surface area contributed by atoms with Crippen molar-refractivity contribution in [1.82, 2.24) is 0 Å². The maximum Gasteiger partial charge on any atom is 0.338 e. The zero-order valence-electron chi connectivity index (χ0n) is 12.6. The van der Waals surface area contributed by atoms with Crippen LogP contribution in [-0.4, -0.2) is 21.0 Å². The smallest absolute Gasteiger partial charge is 0.338 e. The van der Waals surface area contributed by atoms with Crippen LogP contribution in [0, 0.1) is 0 Å². The number of carbonyl (C=O) groups excluding carboxylic acids is 1. The van der Waals surface area contributed by atoms with Crippen LogP contribution in [0.15, 0.2) is 23.1 Å². The molecule has 1 aromatic rings. The largest absolute Gasteiger partial charge is 0.462 e. The van der Waals surface area contributed by atoms with Crippen LogP contribution in [0.2, 0.25) is 0 Å². The van der Waals surface area contributed by atoms with Gasteiger partial charge in [0.25, 0.3) is 0 Å². The van der Waals surface area contributed by atoms with Gasteiger partial charge >= 0.3 is 5.97 Å². The first-order valence-corrected chi connectivity index (χ1v) is 8.77. The Bertz CT molecular complexity index is 581. The standard InChI is InChI=1S/C15H23NO4S/c1-3-5-6-7-10-20-15(17)13-9-8-12(4-2)14(11-13)21(16,18)19/h8-9,11H,3-7,10H2,1-2H3,(H2,16,18,19). The lowest BCUT2D eigenvalue weighted by atomic mass is 10.1. The molecule has 2 N–H and O–H groups in total. The van der Waals surface area contributed by atoms with E-state index in [1.54, 1.807) is 12.1 Å². The van der Waals surface area contributed by atoms with E-state index in [1.165, 1.54) is 6.07 Å². The summed E-state index contributed by atoms with van der Waals surface area (Å²) in [6.07, 6.45) is 4.58. The highest BCUT2D eigenvalue weighted by atomic mass is 32.2. The summed E-state index contributed by atoms with van der Waals surface area (Å²) < 4.78 is 28.2. The fourth-order valence-corrected chi connectivity index (χ4v) is 2.88. The number of rotatable bonds is 8. The Labute approximate surface area is 126 Å². The topological polar surface area (TPSA) is 86.5 Å². The third-order valence-electron chi connectivity index (χ3n) is 3.22. The predicted molar refractivity (Wildman–Crippen MR) is 81.6 cm³/mol. The third-order valence-corrected chi connectivity index (χ3v) is 4.21. The minimum absolute atomic E-state index is 0.00886. The number of sulfonamides is 1. The fourth-order valence-electron chi connectivity index (χ4n) is 2.02. The lowest BCUT2D eigenvalue weighted by Gasteiger charge is -2.09. The molecule has 0 aliphatic rings. The zero-order chi connectivity index (χ0) is 15.9. The monoisotopic (exact) mass is 313 g/mol. The van der Waals surface area contributed by atoms with E-state index in [0.717, 1.165) is 25.7 Å². The molecule has 0 spiro atoms. The minimum atomic E-state index is -3.84. The van der Waals surface area contributed by atoms with Gasteiger partial charge in [0, 0.05) is 0 Å². The van der Waals surface area contributed by atoms with E-state index < -0.39 is 16.0 Å². The van der Waals surface area contributed by atoms with E-state index in [-0.39, 0.29) is 10.5 Å². The molecule has 0 atom stereocenters. The minimum Gasteiger partial charge on any atom is -0.462 e. The van der Waals surface area contributed by atoms with Crippen molar-refractivity contribution in [3.05, 3.63) is 29.3 Å². The molecule has 1 rings (SSSR count). The van der Waals surface area contributed by atoms with Gasteiger partial charge in [-0.3, -0.25) is 0 Å². The Morgan fingerprint density at radius 3 is 2.48 bits per heavy atom. The molecule has 0 saturated heterocycles. The molecule has 0 fully saturated rings. The molecule has 0 heterocycles. The van der Waals surface area contributed by atoms with Crippen molar-refractivity contribution >= 4 is 16.0 Å². The van der Waals surface area contributed by atoms with Crippen molar-refractivity contribution in [3.8, 4) is 0 Å². The second kappa shape index (κ2) is 8.14. The van der Waals surface area contributed by atoms with Gasteiger partial charge in [-0.1, -0.05) is 39.2 Å². The molecule has 0 bridgehead atoms. The van der Waals surface area contributed by atoms with Crippen molar-refractivity contribution in [2.45, 2.75) is 50.8 Å². The van der Waals surface area contributed by atoms with Gasteiger partial charge in [-0.15, -0.1) is 0 Å². The van der Waals surface area contributed by atoms with Crippen LogP contribution in [0.1, 0.15) is 55.5 Å². The van der Waals surface area contributed by atoms with E-state index in [4.69, 9.17) is 9.88 Å². The summed E-state index contributed by atoms with van der Waals surface area (Å²) in [4.78, 5) is 11.9. The number of carbonyl (C=O) groups is 1. The number of primary sulfonamides is 1.